The van der Waals surface area contributed by atoms with Crippen LogP contribution in [0.15, 0.2) is 51.0 Å². The van der Waals surface area contributed by atoms with E-state index in [0.29, 0.717) is 23.3 Å². The average molecular weight is 415 g/mol. The van der Waals surface area contributed by atoms with Crippen LogP contribution in [0.4, 0.5) is 0 Å². The summed E-state index contributed by atoms with van der Waals surface area (Å²) in [4.78, 5) is 4.39. The van der Waals surface area contributed by atoms with E-state index in [1.807, 2.05) is 31.2 Å². The Balaban J connectivity index is 1.77. The van der Waals surface area contributed by atoms with Gasteiger partial charge in [-0.15, -0.1) is 11.3 Å². The lowest BCUT2D eigenvalue weighted by molar-refractivity contribution is 0.584. The zero-order chi connectivity index (χ0) is 18.8. The molecule has 0 aliphatic carbocycles. The highest BCUT2D eigenvalue weighted by molar-refractivity contribution is 7.91. The number of sulfonamides is 1. The molecule has 0 aliphatic heterocycles. The second-order valence-corrected chi connectivity index (χ2v) is 8.77. The maximum Gasteiger partial charge on any atom is 0.250 e. The number of rotatable bonds is 9. The molecule has 9 heteroatoms. The van der Waals surface area contributed by atoms with Crippen LogP contribution >= 0.6 is 22.9 Å². The van der Waals surface area contributed by atoms with Crippen LogP contribution in [0.5, 0.6) is 0 Å². The van der Waals surface area contributed by atoms with Gasteiger partial charge in [0.25, 0.3) is 0 Å². The molecule has 26 heavy (non-hydrogen) atoms. The third-order valence-corrected chi connectivity index (χ3v) is 6.51. The number of hydrogen-bond donors (Lipinski definition) is 3. The van der Waals surface area contributed by atoms with Crippen LogP contribution in [-0.2, 0) is 16.4 Å². The Labute approximate surface area is 163 Å². The summed E-state index contributed by atoms with van der Waals surface area (Å²) in [5.41, 5.74) is 1.18. The first-order valence-corrected chi connectivity index (χ1v) is 11.0. The fourth-order valence-electron chi connectivity index (χ4n) is 2.15. The van der Waals surface area contributed by atoms with E-state index in [2.05, 4.69) is 20.3 Å². The number of halogens is 1. The summed E-state index contributed by atoms with van der Waals surface area (Å²) in [5, 5.41) is 8.85. The van der Waals surface area contributed by atoms with E-state index in [1.54, 1.807) is 17.5 Å². The van der Waals surface area contributed by atoms with Gasteiger partial charge in [-0.25, -0.2) is 13.1 Å². The van der Waals surface area contributed by atoms with Gasteiger partial charge in [-0.2, -0.15) is 0 Å². The third-order valence-electron chi connectivity index (χ3n) is 3.40. The normalized spacial score (nSPS) is 12.2. The summed E-state index contributed by atoms with van der Waals surface area (Å²) in [7, 11) is -3.44. The summed E-state index contributed by atoms with van der Waals surface area (Å²) >= 11 is 7.07. The molecule has 3 N–H and O–H groups in total. The van der Waals surface area contributed by atoms with E-state index in [4.69, 9.17) is 11.6 Å². The second kappa shape index (κ2) is 10.5. The second-order valence-electron chi connectivity index (χ2n) is 5.39. The molecule has 0 fully saturated rings. The number of nitrogens with one attached hydrogen (secondary N) is 3. The molecule has 1 aromatic heterocycles. The predicted octanol–water partition coefficient (Wildman–Crippen LogP) is 2.48. The van der Waals surface area contributed by atoms with Crippen molar-refractivity contribution in [1.82, 2.24) is 15.4 Å². The van der Waals surface area contributed by atoms with Crippen molar-refractivity contribution in [2.24, 2.45) is 4.99 Å². The monoisotopic (exact) mass is 414 g/mol. The van der Waals surface area contributed by atoms with E-state index >= 15 is 0 Å². The third kappa shape index (κ3) is 6.95. The Morgan fingerprint density at radius 1 is 1.15 bits per heavy atom. The zero-order valence-corrected chi connectivity index (χ0v) is 16.9. The molecule has 0 saturated carbocycles. The van der Waals surface area contributed by atoms with Gasteiger partial charge in [0.05, 0.1) is 6.54 Å². The highest BCUT2D eigenvalue weighted by Gasteiger charge is 2.13. The quantitative estimate of drug-likeness (QED) is 0.334. The predicted molar refractivity (Wildman–Crippen MR) is 109 cm³/mol. The molecule has 0 saturated heterocycles. The summed E-state index contributed by atoms with van der Waals surface area (Å²) < 4.78 is 26.9. The van der Waals surface area contributed by atoms with E-state index in [9.17, 15) is 8.42 Å². The lowest BCUT2D eigenvalue weighted by atomic mass is 10.1. The Morgan fingerprint density at radius 2 is 1.92 bits per heavy atom. The maximum atomic E-state index is 12.0. The molecule has 0 radical (unpaired) electrons. The van der Waals surface area contributed by atoms with Crippen molar-refractivity contribution in [2.45, 2.75) is 17.6 Å². The van der Waals surface area contributed by atoms with E-state index in [-0.39, 0.29) is 6.54 Å². The van der Waals surface area contributed by atoms with E-state index in [0.717, 1.165) is 18.0 Å². The molecular weight excluding hydrogens is 392 g/mol. The van der Waals surface area contributed by atoms with Gasteiger partial charge in [-0.05, 0) is 42.5 Å². The SMILES string of the molecule is CCNC(=NCCNS(=O)(=O)c1cccs1)NCCc1ccc(Cl)cc1. The van der Waals surface area contributed by atoms with Gasteiger partial charge >= 0.3 is 0 Å². The molecule has 0 spiro atoms. The minimum Gasteiger partial charge on any atom is -0.357 e. The topological polar surface area (TPSA) is 82.6 Å². The van der Waals surface area contributed by atoms with Crippen molar-refractivity contribution >= 4 is 38.9 Å². The van der Waals surface area contributed by atoms with Crippen molar-refractivity contribution in [3.05, 3.63) is 52.4 Å². The van der Waals surface area contributed by atoms with Crippen molar-refractivity contribution in [2.75, 3.05) is 26.2 Å². The fraction of sp³-hybridized carbons (Fsp3) is 0.353. The fourth-order valence-corrected chi connectivity index (χ4v) is 4.34. The number of guanidine groups is 1. The van der Waals surface area contributed by atoms with Crippen molar-refractivity contribution in [1.29, 1.82) is 0 Å². The molecular formula is C17H23ClN4O2S2. The number of thiophene rings is 1. The molecule has 6 nitrogen and oxygen atoms in total. The van der Waals surface area contributed by atoms with E-state index in [1.165, 1.54) is 16.9 Å². The highest BCUT2D eigenvalue weighted by Crippen LogP contribution is 2.14. The highest BCUT2D eigenvalue weighted by atomic mass is 35.5. The van der Waals surface area contributed by atoms with Crippen LogP contribution in [0.25, 0.3) is 0 Å². The lowest BCUT2D eigenvalue weighted by Crippen LogP contribution is -2.39. The standard InChI is InChI=1S/C17H23ClN4O2S2/c1-2-19-17(20-10-9-14-5-7-15(18)8-6-14)21-11-12-22-26(23,24)16-4-3-13-25-16/h3-8,13,22H,2,9-12H2,1H3,(H2,19,20,21). The van der Waals surface area contributed by atoms with Crippen LogP contribution < -0.4 is 15.4 Å². The van der Waals surface area contributed by atoms with Gasteiger partial charge < -0.3 is 10.6 Å². The minimum atomic E-state index is -3.44. The molecule has 0 atom stereocenters. The molecule has 2 aromatic rings. The van der Waals surface area contributed by atoms with Crippen molar-refractivity contribution in [3.63, 3.8) is 0 Å². The van der Waals surface area contributed by atoms with Gasteiger partial charge in [0.2, 0.25) is 10.0 Å². The molecule has 1 heterocycles. The van der Waals surface area contributed by atoms with Gasteiger partial charge in [-0.3, -0.25) is 4.99 Å². The number of aliphatic imine (C=N–C) groups is 1. The molecule has 0 aliphatic rings. The average Bonchev–Trinajstić information content (AvgIpc) is 3.16. The zero-order valence-electron chi connectivity index (χ0n) is 14.5. The first-order valence-electron chi connectivity index (χ1n) is 8.31. The van der Waals surface area contributed by atoms with Crippen LogP contribution in [0.1, 0.15) is 12.5 Å². The summed E-state index contributed by atoms with van der Waals surface area (Å²) in [5.74, 6) is 0.664. The molecule has 142 valence electrons. The summed E-state index contributed by atoms with van der Waals surface area (Å²) in [6.45, 7) is 4.02. The Bertz CT molecular complexity index is 791. The van der Waals surface area contributed by atoms with E-state index < -0.39 is 10.0 Å². The Hall–Kier alpha value is -1.61. The Morgan fingerprint density at radius 3 is 2.58 bits per heavy atom. The number of hydrogen-bond acceptors (Lipinski definition) is 4. The Kier molecular flexibility index (Phi) is 8.37. The molecule has 0 unspecified atom stereocenters. The molecule has 0 bridgehead atoms. The first kappa shape index (κ1) is 20.7. The molecule has 0 amide bonds. The number of nitrogens with zero attached hydrogens (tertiary/aromatic N) is 1. The summed E-state index contributed by atoms with van der Waals surface area (Å²) in [6, 6.07) is 11.0. The van der Waals surface area contributed by atoms with Crippen LogP contribution in [0, 0.1) is 0 Å². The van der Waals surface area contributed by atoms with Gasteiger partial charge in [0, 0.05) is 24.7 Å². The first-order chi connectivity index (χ1) is 12.5. The molecule has 2 rings (SSSR count). The van der Waals surface area contributed by atoms with Gasteiger partial charge in [0.15, 0.2) is 5.96 Å². The maximum absolute atomic E-state index is 12.0. The van der Waals surface area contributed by atoms with Crippen molar-refractivity contribution in [3.8, 4) is 0 Å². The number of benzene rings is 1. The van der Waals surface area contributed by atoms with Crippen LogP contribution in [0.3, 0.4) is 0 Å². The largest absolute Gasteiger partial charge is 0.357 e. The van der Waals surface area contributed by atoms with Crippen LogP contribution in [-0.4, -0.2) is 40.6 Å². The smallest absolute Gasteiger partial charge is 0.250 e. The molecule has 1 aromatic carbocycles. The minimum absolute atomic E-state index is 0.244. The van der Waals surface area contributed by atoms with Crippen molar-refractivity contribution < 1.29 is 8.42 Å². The summed E-state index contributed by atoms with van der Waals surface area (Å²) in [6.07, 6.45) is 0.840. The lowest BCUT2D eigenvalue weighted by Gasteiger charge is -2.11. The van der Waals surface area contributed by atoms with Crippen LogP contribution in [0.2, 0.25) is 5.02 Å². The van der Waals surface area contributed by atoms with Gasteiger partial charge in [0.1, 0.15) is 4.21 Å². The van der Waals surface area contributed by atoms with Gasteiger partial charge in [-0.1, -0.05) is 29.8 Å².